The van der Waals surface area contributed by atoms with E-state index in [1.807, 2.05) is 45.2 Å². The summed E-state index contributed by atoms with van der Waals surface area (Å²) in [7, 11) is 0. The third kappa shape index (κ3) is 11.8. The molecule has 0 rings (SSSR count). The van der Waals surface area contributed by atoms with Crippen LogP contribution in [0.4, 0.5) is 8.78 Å². The Kier molecular flexibility index (Phi) is 9.37. The Bertz CT molecular complexity index is 285. The quantitative estimate of drug-likeness (QED) is 0.290. The van der Waals surface area contributed by atoms with Gasteiger partial charge in [0.2, 0.25) is 5.92 Å². The fourth-order valence-corrected chi connectivity index (χ4v) is 2.91. The van der Waals surface area contributed by atoms with E-state index in [9.17, 15) is 18.4 Å². The molecule has 0 aromatic carbocycles. The molecule has 2 atom stereocenters. The van der Waals surface area contributed by atoms with Crippen LogP contribution in [0.15, 0.2) is 0 Å². The molecule has 0 amide bonds. The Hall–Kier alpha value is 0.260. The molecule has 8 heteroatoms. The lowest BCUT2D eigenvalue weighted by Gasteiger charge is -2.22. The molecule has 0 saturated heterocycles. The maximum absolute atomic E-state index is 13.7. The van der Waals surface area contributed by atoms with Crippen LogP contribution in [0.2, 0.25) is 0 Å². The minimum absolute atomic E-state index is 0.0264. The van der Waals surface area contributed by atoms with E-state index in [-0.39, 0.29) is 26.1 Å². The minimum atomic E-state index is -2.88. The molecule has 19 heavy (non-hydrogen) atoms. The molecule has 0 N–H and O–H groups in total. The maximum Gasteiger partial charge on any atom is 0.302 e. The van der Waals surface area contributed by atoms with Crippen molar-refractivity contribution in [2.45, 2.75) is 40.5 Å². The zero-order valence-electron chi connectivity index (χ0n) is 10.6. The zero-order valence-corrected chi connectivity index (χ0v) is 14.9. The van der Waals surface area contributed by atoms with Gasteiger partial charge >= 0.3 is 11.9 Å². The summed E-state index contributed by atoms with van der Waals surface area (Å²) in [6.45, 7) is 2.42. The molecule has 2 unspecified atom stereocenters. The number of carbonyl (C=O) groups is 2. The summed E-state index contributed by atoms with van der Waals surface area (Å²) in [6.07, 6.45) is -0.749. The SMILES string of the molecule is CC(=O)OCC(I)CC(F)(F)CC(I)COC(C)=O. The molecule has 0 bridgehead atoms. The van der Waals surface area contributed by atoms with Crippen LogP contribution in [0.3, 0.4) is 0 Å². The van der Waals surface area contributed by atoms with E-state index in [0.29, 0.717) is 0 Å². The lowest BCUT2D eigenvalue weighted by Crippen LogP contribution is -2.29. The maximum atomic E-state index is 13.7. The summed E-state index contributed by atoms with van der Waals surface area (Å²) < 4.78 is 35.8. The predicted molar refractivity (Wildman–Crippen MR) is 83.1 cm³/mol. The molecule has 0 aromatic rings. The molecule has 0 radical (unpaired) electrons. The molecule has 0 aliphatic heterocycles. The molecular formula is C11H16F2I2O4. The van der Waals surface area contributed by atoms with Crippen LogP contribution in [0.1, 0.15) is 26.7 Å². The van der Waals surface area contributed by atoms with Crippen LogP contribution in [-0.2, 0) is 19.1 Å². The molecule has 0 fully saturated rings. The Morgan fingerprint density at radius 3 is 1.58 bits per heavy atom. The van der Waals surface area contributed by atoms with Crippen molar-refractivity contribution >= 4 is 57.1 Å². The van der Waals surface area contributed by atoms with Gasteiger partial charge in [0, 0.05) is 26.7 Å². The van der Waals surface area contributed by atoms with Crippen LogP contribution in [-0.4, -0.2) is 38.9 Å². The van der Waals surface area contributed by atoms with Gasteiger partial charge in [0.15, 0.2) is 0 Å². The molecule has 0 aliphatic carbocycles. The molecular weight excluding hydrogens is 488 g/mol. The van der Waals surface area contributed by atoms with Gasteiger partial charge in [-0.25, -0.2) is 8.78 Å². The van der Waals surface area contributed by atoms with E-state index in [0.717, 1.165) is 0 Å². The number of rotatable bonds is 8. The van der Waals surface area contributed by atoms with Crippen molar-refractivity contribution in [3.63, 3.8) is 0 Å². The Balaban J connectivity index is 4.07. The first kappa shape index (κ1) is 19.3. The predicted octanol–water partition coefficient (Wildman–Crippen LogP) is 3.14. The van der Waals surface area contributed by atoms with Crippen LogP contribution >= 0.6 is 45.2 Å². The highest BCUT2D eigenvalue weighted by Gasteiger charge is 2.34. The second-order valence-corrected chi connectivity index (χ2v) is 7.59. The molecule has 4 nitrogen and oxygen atoms in total. The van der Waals surface area contributed by atoms with Gasteiger partial charge in [-0.2, -0.15) is 0 Å². The van der Waals surface area contributed by atoms with Gasteiger partial charge in [0.05, 0.1) is 7.85 Å². The van der Waals surface area contributed by atoms with Gasteiger partial charge in [-0.3, -0.25) is 9.59 Å². The number of halogens is 4. The first-order chi connectivity index (χ1) is 8.62. The van der Waals surface area contributed by atoms with Crippen LogP contribution < -0.4 is 0 Å². The monoisotopic (exact) mass is 504 g/mol. The van der Waals surface area contributed by atoms with Gasteiger partial charge in [0.1, 0.15) is 13.2 Å². The lowest BCUT2D eigenvalue weighted by atomic mass is 10.1. The van der Waals surface area contributed by atoms with E-state index in [1.165, 1.54) is 13.8 Å². The first-order valence-corrected chi connectivity index (χ1v) is 8.04. The van der Waals surface area contributed by atoms with Gasteiger partial charge in [-0.05, 0) is 0 Å². The van der Waals surface area contributed by atoms with Crippen molar-refractivity contribution in [2.75, 3.05) is 13.2 Å². The Morgan fingerprint density at radius 1 is 1.00 bits per heavy atom. The van der Waals surface area contributed by atoms with E-state index in [4.69, 9.17) is 0 Å². The van der Waals surface area contributed by atoms with Crippen molar-refractivity contribution in [1.29, 1.82) is 0 Å². The molecule has 0 aromatic heterocycles. The summed E-state index contributed by atoms with van der Waals surface area (Å²) in [5.41, 5.74) is 0. The van der Waals surface area contributed by atoms with Gasteiger partial charge in [-0.1, -0.05) is 45.2 Å². The Morgan fingerprint density at radius 2 is 1.32 bits per heavy atom. The summed E-state index contributed by atoms with van der Waals surface area (Å²) in [4.78, 5) is 21.2. The third-order valence-electron chi connectivity index (χ3n) is 1.98. The van der Waals surface area contributed by atoms with Crippen LogP contribution in [0.5, 0.6) is 0 Å². The van der Waals surface area contributed by atoms with Crippen LogP contribution in [0.25, 0.3) is 0 Å². The average Bonchev–Trinajstić information content (AvgIpc) is 2.22. The van der Waals surface area contributed by atoms with Gasteiger partial charge < -0.3 is 9.47 Å². The number of alkyl halides is 4. The number of esters is 2. The summed E-state index contributed by atoms with van der Waals surface area (Å²) >= 11 is 3.67. The largest absolute Gasteiger partial charge is 0.465 e. The average molecular weight is 504 g/mol. The third-order valence-corrected chi connectivity index (χ3v) is 3.58. The second kappa shape index (κ2) is 9.24. The van der Waals surface area contributed by atoms with E-state index < -0.39 is 25.7 Å². The molecule has 0 heterocycles. The highest BCUT2D eigenvalue weighted by atomic mass is 127. The Labute approximate surface area is 138 Å². The van der Waals surface area contributed by atoms with Gasteiger partial charge in [-0.15, -0.1) is 0 Å². The summed E-state index contributed by atoms with van der Waals surface area (Å²) in [5, 5.41) is 0. The molecule has 112 valence electrons. The highest BCUT2D eigenvalue weighted by molar-refractivity contribution is 14.1. The van der Waals surface area contributed by atoms with Crippen molar-refractivity contribution in [3.05, 3.63) is 0 Å². The number of hydrogen-bond acceptors (Lipinski definition) is 4. The van der Waals surface area contributed by atoms with Crippen molar-refractivity contribution in [1.82, 2.24) is 0 Å². The molecule has 0 aliphatic rings. The zero-order chi connectivity index (χ0) is 15.1. The first-order valence-electron chi connectivity index (χ1n) is 5.55. The van der Waals surface area contributed by atoms with E-state index >= 15 is 0 Å². The highest BCUT2D eigenvalue weighted by Crippen LogP contribution is 2.31. The standard InChI is InChI=1S/C11H16F2I2O4/c1-7(16)18-5-9(14)3-11(12,13)4-10(15)6-19-8(2)17/h9-10H,3-6H2,1-2H3. The molecule has 0 saturated carbocycles. The van der Waals surface area contributed by atoms with Crippen LogP contribution in [0, 0.1) is 0 Å². The normalized spacial score (nSPS) is 14.6. The number of ether oxygens (including phenoxy) is 2. The van der Waals surface area contributed by atoms with Crippen molar-refractivity contribution in [2.24, 2.45) is 0 Å². The summed E-state index contributed by atoms with van der Waals surface area (Å²) in [6, 6.07) is 0. The summed E-state index contributed by atoms with van der Waals surface area (Å²) in [5.74, 6) is -3.84. The topological polar surface area (TPSA) is 52.6 Å². The lowest BCUT2D eigenvalue weighted by molar-refractivity contribution is -0.141. The van der Waals surface area contributed by atoms with Crippen molar-refractivity contribution < 1.29 is 27.8 Å². The fraction of sp³-hybridized carbons (Fsp3) is 0.818. The fourth-order valence-electron chi connectivity index (χ4n) is 1.26. The molecule has 0 spiro atoms. The van der Waals surface area contributed by atoms with Gasteiger partial charge in [0.25, 0.3) is 0 Å². The van der Waals surface area contributed by atoms with E-state index in [2.05, 4.69) is 9.47 Å². The smallest absolute Gasteiger partial charge is 0.302 e. The number of carbonyl (C=O) groups excluding carboxylic acids is 2. The second-order valence-electron chi connectivity index (χ2n) is 4.06. The minimum Gasteiger partial charge on any atom is -0.465 e. The number of hydrogen-bond donors (Lipinski definition) is 0. The van der Waals surface area contributed by atoms with E-state index in [1.54, 1.807) is 0 Å². The van der Waals surface area contributed by atoms with Crippen molar-refractivity contribution in [3.8, 4) is 0 Å².